The normalized spacial score (nSPS) is 27.2. The van der Waals surface area contributed by atoms with E-state index < -0.39 is 17.1 Å². The number of terminal acetylenes is 1. The SMILES string of the molecule is C#CC(C)(C)N1C(=O)C2(CCCC2)NC(=O)C1C. The van der Waals surface area contributed by atoms with Crippen LogP contribution in [0.3, 0.4) is 0 Å². The third-order valence-corrected chi connectivity index (χ3v) is 4.17. The van der Waals surface area contributed by atoms with Gasteiger partial charge in [-0.3, -0.25) is 9.59 Å². The van der Waals surface area contributed by atoms with Crippen LogP contribution in [0.1, 0.15) is 46.5 Å². The van der Waals surface area contributed by atoms with E-state index in [9.17, 15) is 9.59 Å². The molecule has 1 unspecified atom stereocenters. The summed E-state index contributed by atoms with van der Waals surface area (Å²) in [5, 5.41) is 2.92. The molecule has 0 radical (unpaired) electrons. The van der Waals surface area contributed by atoms with E-state index in [1.807, 2.05) is 13.8 Å². The molecule has 1 atom stereocenters. The average Bonchev–Trinajstić information content (AvgIpc) is 2.76. The maximum atomic E-state index is 12.7. The molecule has 4 nitrogen and oxygen atoms in total. The van der Waals surface area contributed by atoms with Crippen molar-refractivity contribution in [3.05, 3.63) is 0 Å². The number of rotatable bonds is 1. The maximum Gasteiger partial charge on any atom is 0.250 e. The first-order valence-electron chi connectivity index (χ1n) is 6.48. The minimum atomic E-state index is -0.732. The monoisotopic (exact) mass is 248 g/mol. The quantitative estimate of drug-likeness (QED) is 0.705. The Morgan fingerprint density at radius 2 is 1.94 bits per heavy atom. The summed E-state index contributed by atoms with van der Waals surface area (Å²) in [6.45, 7) is 5.35. The summed E-state index contributed by atoms with van der Waals surface area (Å²) in [4.78, 5) is 26.4. The Bertz CT molecular complexity index is 428. The van der Waals surface area contributed by atoms with E-state index in [2.05, 4.69) is 11.2 Å². The molecule has 2 amide bonds. The van der Waals surface area contributed by atoms with Gasteiger partial charge in [0.1, 0.15) is 11.6 Å². The number of nitrogens with zero attached hydrogens (tertiary/aromatic N) is 1. The highest BCUT2D eigenvalue weighted by molar-refractivity contribution is 6.00. The van der Waals surface area contributed by atoms with Crippen molar-refractivity contribution >= 4 is 11.8 Å². The standard InChI is InChI=1S/C14H20N2O2/c1-5-13(3,4)16-10(2)11(17)15-14(12(16)18)8-6-7-9-14/h1,10H,6-9H2,2-4H3,(H,15,17). The summed E-state index contributed by atoms with van der Waals surface area (Å²) >= 11 is 0. The van der Waals surface area contributed by atoms with Gasteiger partial charge < -0.3 is 10.2 Å². The van der Waals surface area contributed by atoms with Crippen LogP contribution in [-0.2, 0) is 9.59 Å². The van der Waals surface area contributed by atoms with Crippen LogP contribution in [-0.4, -0.2) is 33.8 Å². The highest BCUT2D eigenvalue weighted by Crippen LogP contribution is 2.36. The lowest BCUT2D eigenvalue weighted by molar-refractivity contribution is -0.158. The van der Waals surface area contributed by atoms with Crippen LogP contribution in [0, 0.1) is 12.3 Å². The first kappa shape index (κ1) is 12.9. The van der Waals surface area contributed by atoms with Crippen LogP contribution < -0.4 is 5.32 Å². The van der Waals surface area contributed by atoms with Crippen molar-refractivity contribution in [1.29, 1.82) is 0 Å². The van der Waals surface area contributed by atoms with Crippen LogP contribution in [0.15, 0.2) is 0 Å². The number of hydrogen-bond donors (Lipinski definition) is 1. The Balaban J connectivity index is 2.41. The van der Waals surface area contributed by atoms with Crippen LogP contribution in [0.2, 0.25) is 0 Å². The predicted octanol–water partition coefficient (Wildman–Crippen LogP) is 1.06. The highest BCUT2D eigenvalue weighted by atomic mass is 16.2. The molecule has 2 fully saturated rings. The lowest BCUT2D eigenvalue weighted by Crippen LogP contribution is -2.72. The number of piperazine rings is 1. The van der Waals surface area contributed by atoms with Crippen molar-refractivity contribution in [3.8, 4) is 12.3 Å². The molecule has 1 saturated carbocycles. The van der Waals surface area contributed by atoms with Gasteiger partial charge in [0.2, 0.25) is 11.8 Å². The number of carbonyl (C=O) groups is 2. The number of nitrogens with one attached hydrogen (secondary N) is 1. The van der Waals surface area contributed by atoms with E-state index in [-0.39, 0.29) is 11.8 Å². The largest absolute Gasteiger partial charge is 0.340 e. The molecule has 0 bridgehead atoms. The third kappa shape index (κ3) is 1.69. The fraction of sp³-hybridized carbons (Fsp3) is 0.714. The number of carbonyl (C=O) groups excluding carboxylic acids is 2. The van der Waals surface area contributed by atoms with E-state index in [4.69, 9.17) is 6.42 Å². The molecule has 4 heteroatoms. The van der Waals surface area contributed by atoms with Gasteiger partial charge in [0.05, 0.1) is 5.54 Å². The first-order chi connectivity index (χ1) is 8.34. The average molecular weight is 248 g/mol. The molecule has 2 rings (SSSR count). The molecule has 98 valence electrons. The second-order valence-corrected chi connectivity index (χ2v) is 5.83. The highest BCUT2D eigenvalue weighted by Gasteiger charge is 2.53. The number of hydrogen-bond acceptors (Lipinski definition) is 2. The summed E-state index contributed by atoms with van der Waals surface area (Å²) in [7, 11) is 0. The Hall–Kier alpha value is -1.50. The fourth-order valence-corrected chi connectivity index (χ4v) is 3.04. The summed E-state index contributed by atoms with van der Waals surface area (Å²) in [6.07, 6.45) is 8.92. The number of amides is 2. The Labute approximate surface area is 108 Å². The second kappa shape index (κ2) is 4.01. The van der Waals surface area contributed by atoms with Crippen molar-refractivity contribution in [1.82, 2.24) is 10.2 Å². The fourth-order valence-electron chi connectivity index (χ4n) is 3.04. The molecule has 1 heterocycles. The molecule has 18 heavy (non-hydrogen) atoms. The van der Waals surface area contributed by atoms with E-state index in [1.54, 1.807) is 11.8 Å². The molecule has 2 aliphatic rings. The molecular formula is C14H20N2O2. The molecule has 1 aliphatic heterocycles. The van der Waals surface area contributed by atoms with Gasteiger partial charge in [-0.2, -0.15) is 0 Å². The zero-order chi connectivity index (χ0) is 13.6. The summed E-state index contributed by atoms with van der Waals surface area (Å²) in [6, 6.07) is -0.505. The van der Waals surface area contributed by atoms with Gasteiger partial charge in [0.25, 0.3) is 0 Å². The van der Waals surface area contributed by atoms with Crippen LogP contribution in [0.25, 0.3) is 0 Å². The molecular weight excluding hydrogens is 228 g/mol. The van der Waals surface area contributed by atoms with Crippen LogP contribution in [0.4, 0.5) is 0 Å². The van der Waals surface area contributed by atoms with Gasteiger partial charge in [-0.05, 0) is 33.6 Å². The molecule has 1 spiro atoms. The lowest BCUT2D eigenvalue weighted by atomic mass is 9.87. The van der Waals surface area contributed by atoms with Crippen molar-refractivity contribution in [3.63, 3.8) is 0 Å². The summed E-state index contributed by atoms with van der Waals surface area (Å²) < 4.78 is 0. The molecule has 1 saturated heterocycles. The molecule has 1 N–H and O–H groups in total. The Morgan fingerprint density at radius 3 is 2.44 bits per heavy atom. The van der Waals surface area contributed by atoms with Crippen molar-refractivity contribution in [2.24, 2.45) is 0 Å². The predicted molar refractivity (Wildman–Crippen MR) is 68.6 cm³/mol. The Kier molecular flexibility index (Phi) is 2.89. The topological polar surface area (TPSA) is 49.4 Å². The van der Waals surface area contributed by atoms with Gasteiger partial charge >= 0.3 is 0 Å². The first-order valence-corrected chi connectivity index (χ1v) is 6.48. The molecule has 0 aromatic carbocycles. The van der Waals surface area contributed by atoms with Gasteiger partial charge in [-0.1, -0.05) is 18.8 Å². The van der Waals surface area contributed by atoms with Crippen LogP contribution >= 0.6 is 0 Å². The minimum Gasteiger partial charge on any atom is -0.340 e. The summed E-state index contributed by atoms with van der Waals surface area (Å²) in [5.41, 5.74) is -1.43. The van der Waals surface area contributed by atoms with Crippen molar-refractivity contribution < 1.29 is 9.59 Å². The zero-order valence-corrected chi connectivity index (χ0v) is 11.2. The van der Waals surface area contributed by atoms with Gasteiger partial charge in [-0.15, -0.1) is 6.42 Å². The lowest BCUT2D eigenvalue weighted by Gasteiger charge is -2.48. The van der Waals surface area contributed by atoms with E-state index in [0.717, 1.165) is 25.7 Å². The van der Waals surface area contributed by atoms with E-state index in [1.165, 1.54) is 0 Å². The minimum absolute atomic E-state index is 0.0185. The molecule has 1 aliphatic carbocycles. The maximum absolute atomic E-state index is 12.7. The Morgan fingerprint density at radius 1 is 1.39 bits per heavy atom. The van der Waals surface area contributed by atoms with Crippen molar-refractivity contribution in [2.45, 2.75) is 63.6 Å². The molecule has 0 aromatic rings. The van der Waals surface area contributed by atoms with Crippen molar-refractivity contribution in [2.75, 3.05) is 0 Å². The van der Waals surface area contributed by atoms with Crippen LogP contribution in [0.5, 0.6) is 0 Å². The third-order valence-electron chi connectivity index (χ3n) is 4.17. The van der Waals surface area contributed by atoms with E-state index >= 15 is 0 Å². The van der Waals surface area contributed by atoms with E-state index in [0.29, 0.717) is 0 Å². The van der Waals surface area contributed by atoms with Gasteiger partial charge in [-0.25, -0.2) is 0 Å². The second-order valence-electron chi connectivity index (χ2n) is 5.83. The smallest absolute Gasteiger partial charge is 0.250 e. The van der Waals surface area contributed by atoms with Gasteiger partial charge in [0, 0.05) is 0 Å². The zero-order valence-electron chi connectivity index (χ0n) is 11.2. The van der Waals surface area contributed by atoms with Gasteiger partial charge in [0.15, 0.2) is 0 Å². The molecule has 0 aromatic heterocycles. The summed E-state index contributed by atoms with van der Waals surface area (Å²) in [5.74, 6) is 2.51.